The number of rotatable bonds is 5. The third-order valence-electron chi connectivity index (χ3n) is 4.71. The van der Waals surface area contributed by atoms with E-state index in [9.17, 15) is 4.79 Å². The van der Waals surface area contributed by atoms with Crippen molar-refractivity contribution in [2.75, 3.05) is 18.0 Å². The molecule has 0 unspecified atom stereocenters. The molecule has 1 N–H and O–H groups in total. The normalized spacial score (nSPS) is 16.4. The Kier molecular flexibility index (Phi) is 5.38. The lowest BCUT2D eigenvalue weighted by atomic mass is 10.1. The molecule has 8 heteroatoms. The monoisotopic (exact) mass is 441 g/mol. The van der Waals surface area contributed by atoms with Gasteiger partial charge >= 0.3 is 0 Å². The van der Waals surface area contributed by atoms with Gasteiger partial charge in [-0.2, -0.15) is 4.98 Å². The molecule has 7 nitrogen and oxygen atoms in total. The highest BCUT2D eigenvalue weighted by Gasteiger charge is 2.25. The predicted molar refractivity (Wildman–Crippen MR) is 109 cm³/mol. The lowest BCUT2D eigenvalue weighted by molar-refractivity contribution is -0.121. The molecule has 1 saturated heterocycles. The molecule has 3 heterocycles. The molecule has 3 aromatic rings. The third-order valence-corrected chi connectivity index (χ3v) is 5.48. The maximum Gasteiger partial charge on any atom is 0.259 e. The summed E-state index contributed by atoms with van der Waals surface area (Å²) in [6, 6.07) is 11.8. The van der Waals surface area contributed by atoms with E-state index in [0.29, 0.717) is 18.1 Å². The van der Waals surface area contributed by atoms with Gasteiger partial charge in [-0.1, -0.05) is 39.3 Å². The number of nitrogens with zero attached hydrogens (tertiary/aromatic N) is 4. The number of anilines is 1. The molecule has 1 aliphatic rings. The maximum atomic E-state index is 12.4. The highest BCUT2D eigenvalue weighted by atomic mass is 79.9. The van der Waals surface area contributed by atoms with E-state index < -0.39 is 0 Å². The maximum absolute atomic E-state index is 12.4. The molecule has 1 atom stereocenters. The minimum absolute atomic E-state index is 0.0359. The summed E-state index contributed by atoms with van der Waals surface area (Å²) in [6.45, 7) is 3.38. The van der Waals surface area contributed by atoms with Gasteiger partial charge in [0.15, 0.2) is 5.82 Å². The van der Waals surface area contributed by atoms with E-state index in [1.807, 2.05) is 36.4 Å². The molecule has 1 aromatic carbocycles. The second-order valence-corrected chi connectivity index (χ2v) is 7.67. The van der Waals surface area contributed by atoms with E-state index in [2.05, 4.69) is 41.3 Å². The zero-order valence-electron chi connectivity index (χ0n) is 15.4. The molecule has 4 rings (SSSR count). The van der Waals surface area contributed by atoms with Gasteiger partial charge in [-0.25, -0.2) is 4.98 Å². The standard InChI is InChI=1S/C20H20BrN5O2/c1-13-23-20(28-25-13)15-6-7-18(22-11-15)26-9-8-16(12-26)24-19(27)10-14-4-2-3-5-17(14)21/h2-7,11,16H,8-10,12H2,1H3,(H,24,27)/t16-/m0/s1. The van der Waals surface area contributed by atoms with Gasteiger partial charge in [-0.3, -0.25) is 4.79 Å². The summed E-state index contributed by atoms with van der Waals surface area (Å²) >= 11 is 3.49. The number of halogens is 1. The number of carbonyl (C=O) groups is 1. The number of pyridine rings is 1. The molecule has 0 saturated carbocycles. The summed E-state index contributed by atoms with van der Waals surface area (Å²) in [4.78, 5) is 23.3. The van der Waals surface area contributed by atoms with Crippen LogP contribution in [0.2, 0.25) is 0 Å². The van der Waals surface area contributed by atoms with Crippen LogP contribution in [0.25, 0.3) is 11.5 Å². The molecule has 0 bridgehead atoms. The van der Waals surface area contributed by atoms with Gasteiger partial charge in [0.25, 0.3) is 5.89 Å². The topological polar surface area (TPSA) is 84.2 Å². The summed E-state index contributed by atoms with van der Waals surface area (Å²) in [6.07, 6.45) is 3.00. The van der Waals surface area contributed by atoms with Gasteiger partial charge in [-0.15, -0.1) is 0 Å². The number of amides is 1. The zero-order chi connectivity index (χ0) is 19.5. The molecular formula is C20H20BrN5O2. The van der Waals surface area contributed by atoms with Crippen molar-refractivity contribution in [2.45, 2.75) is 25.8 Å². The second-order valence-electron chi connectivity index (χ2n) is 6.82. The van der Waals surface area contributed by atoms with Gasteiger partial charge < -0.3 is 14.7 Å². The Morgan fingerprint density at radius 3 is 2.89 bits per heavy atom. The average Bonchev–Trinajstić information content (AvgIpc) is 3.33. The predicted octanol–water partition coefficient (Wildman–Crippen LogP) is 3.14. The van der Waals surface area contributed by atoms with Gasteiger partial charge in [0.2, 0.25) is 5.91 Å². The lowest BCUT2D eigenvalue weighted by Crippen LogP contribution is -2.38. The van der Waals surface area contributed by atoms with E-state index in [1.54, 1.807) is 13.1 Å². The van der Waals surface area contributed by atoms with Gasteiger partial charge in [0, 0.05) is 29.8 Å². The largest absolute Gasteiger partial charge is 0.354 e. The molecule has 0 radical (unpaired) electrons. The van der Waals surface area contributed by atoms with E-state index in [-0.39, 0.29) is 11.9 Å². The molecule has 1 fully saturated rings. The minimum atomic E-state index is 0.0359. The number of hydrogen-bond acceptors (Lipinski definition) is 6. The van der Waals surface area contributed by atoms with Crippen LogP contribution in [0.3, 0.4) is 0 Å². The van der Waals surface area contributed by atoms with Crippen LogP contribution in [0.15, 0.2) is 51.6 Å². The fourth-order valence-corrected chi connectivity index (χ4v) is 3.72. The number of carbonyl (C=O) groups excluding carboxylic acids is 1. The first-order valence-electron chi connectivity index (χ1n) is 9.13. The first-order chi connectivity index (χ1) is 13.6. The SMILES string of the molecule is Cc1noc(-c2ccc(N3CC[C@H](NC(=O)Cc4ccccc4Br)C3)nc2)n1. The first kappa shape index (κ1) is 18.6. The van der Waals surface area contributed by atoms with Crippen molar-refractivity contribution in [2.24, 2.45) is 0 Å². The Morgan fingerprint density at radius 2 is 2.18 bits per heavy atom. The van der Waals surface area contributed by atoms with Crippen LogP contribution in [0.5, 0.6) is 0 Å². The van der Waals surface area contributed by atoms with Gasteiger partial charge in [-0.05, 0) is 37.1 Å². The highest BCUT2D eigenvalue weighted by Crippen LogP contribution is 2.22. The number of hydrogen-bond donors (Lipinski definition) is 1. The number of nitrogens with one attached hydrogen (secondary N) is 1. The molecule has 2 aromatic heterocycles. The van der Waals surface area contributed by atoms with Crippen LogP contribution in [0, 0.1) is 6.92 Å². The van der Waals surface area contributed by atoms with Gasteiger partial charge in [0.05, 0.1) is 12.0 Å². The summed E-state index contributed by atoms with van der Waals surface area (Å²) in [5.41, 5.74) is 1.78. The fourth-order valence-electron chi connectivity index (χ4n) is 3.29. The lowest BCUT2D eigenvalue weighted by Gasteiger charge is -2.18. The molecule has 28 heavy (non-hydrogen) atoms. The summed E-state index contributed by atoms with van der Waals surface area (Å²) < 4.78 is 6.13. The Morgan fingerprint density at radius 1 is 1.32 bits per heavy atom. The van der Waals surface area contributed by atoms with E-state index >= 15 is 0 Å². The zero-order valence-corrected chi connectivity index (χ0v) is 17.0. The van der Waals surface area contributed by atoms with Crippen molar-refractivity contribution < 1.29 is 9.32 Å². The molecule has 0 aliphatic carbocycles. The Hall–Kier alpha value is -2.74. The minimum Gasteiger partial charge on any atom is -0.354 e. The van der Waals surface area contributed by atoms with Crippen LogP contribution in [-0.4, -0.2) is 40.2 Å². The third kappa shape index (κ3) is 4.22. The Bertz CT molecular complexity index is 973. The highest BCUT2D eigenvalue weighted by molar-refractivity contribution is 9.10. The molecule has 1 amide bonds. The molecule has 1 aliphatic heterocycles. The second kappa shape index (κ2) is 8.10. The first-order valence-corrected chi connectivity index (χ1v) is 9.92. The van der Waals surface area contributed by atoms with Crippen LogP contribution in [0.1, 0.15) is 17.8 Å². The number of aryl methyl sites for hydroxylation is 1. The van der Waals surface area contributed by atoms with Crippen LogP contribution in [0.4, 0.5) is 5.82 Å². The van der Waals surface area contributed by atoms with Crippen molar-refractivity contribution in [1.29, 1.82) is 0 Å². The molecule has 0 spiro atoms. The van der Waals surface area contributed by atoms with E-state index in [4.69, 9.17) is 4.52 Å². The Labute approximate surface area is 171 Å². The smallest absolute Gasteiger partial charge is 0.259 e. The van der Waals surface area contributed by atoms with Crippen molar-refractivity contribution in [3.63, 3.8) is 0 Å². The van der Waals surface area contributed by atoms with Crippen LogP contribution >= 0.6 is 15.9 Å². The van der Waals surface area contributed by atoms with E-state index in [1.165, 1.54) is 0 Å². The molecular weight excluding hydrogens is 422 g/mol. The molecule has 144 valence electrons. The summed E-state index contributed by atoms with van der Waals surface area (Å²) in [7, 11) is 0. The average molecular weight is 442 g/mol. The quantitative estimate of drug-likeness (QED) is 0.654. The number of aromatic nitrogens is 3. The van der Waals surface area contributed by atoms with Crippen molar-refractivity contribution in [3.8, 4) is 11.5 Å². The van der Waals surface area contributed by atoms with Crippen LogP contribution in [-0.2, 0) is 11.2 Å². The van der Waals surface area contributed by atoms with Crippen molar-refractivity contribution in [3.05, 3.63) is 58.5 Å². The van der Waals surface area contributed by atoms with E-state index in [0.717, 1.165) is 40.9 Å². The number of benzene rings is 1. The summed E-state index contributed by atoms with van der Waals surface area (Å²) in [5.74, 6) is 1.98. The van der Waals surface area contributed by atoms with Crippen LogP contribution < -0.4 is 10.2 Å². The Balaban J connectivity index is 1.33. The van der Waals surface area contributed by atoms with Gasteiger partial charge in [0.1, 0.15) is 5.82 Å². The van der Waals surface area contributed by atoms with Crippen molar-refractivity contribution in [1.82, 2.24) is 20.4 Å². The van der Waals surface area contributed by atoms with Crippen molar-refractivity contribution >= 4 is 27.7 Å². The summed E-state index contributed by atoms with van der Waals surface area (Å²) in [5, 5.41) is 6.93. The fraction of sp³-hybridized carbons (Fsp3) is 0.300.